The summed E-state index contributed by atoms with van der Waals surface area (Å²) in [4.78, 5) is 3.30. The van der Waals surface area contributed by atoms with Crippen molar-refractivity contribution in [2.24, 2.45) is 0 Å². The number of ether oxygens (including phenoxy) is 1. The molecule has 2 heterocycles. The number of hydrogen-bond donors (Lipinski definition) is 2. The van der Waals surface area contributed by atoms with Crippen LogP contribution in [0.4, 0.5) is 5.69 Å². The normalized spacial score (nSPS) is 21.4. The summed E-state index contributed by atoms with van der Waals surface area (Å²) in [6, 6.07) is 8.71. The standard InChI is InChI=1S/C19H24N4O/c1-2-24-15-8-6-14(7-9-15)23-12-17(20)19(22-23)16-5-3-4-13-10-11-21-18(13)16/h3-5,10-12,14-15,21H,2,6-9,20H2,1H3/t14-,15-. The van der Waals surface area contributed by atoms with Gasteiger partial charge in [-0.25, -0.2) is 0 Å². The molecule has 0 atom stereocenters. The predicted octanol–water partition coefficient (Wildman–Crippen LogP) is 4.13. The molecule has 1 aromatic carbocycles. The number of aromatic nitrogens is 3. The number of nitrogens with one attached hydrogen (secondary N) is 1. The number of H-pyrrole nitrogens is 1. The summed E-state index contributed by atoms with van der Waals surface area (Å²) in [5.74, 6) is 0. The lowest BCUT2D eigenvalue weighted by atomic mass is 9.93. The maximum Gasteiger partial charge on any atom is 0.117 e. The van der Waals surface area contributed by atoms with Crippen LogP contribution in [0.2, 0.25) is 0 Å². The summed E-state index contributed by atoms with van der Waals surface area (Å²) >= 11 is 0. The lowest BCUT2D eigenvalue weighted by Crippen LogP contribution is -2.24. The minimum atomic E-state index is 0.409. The van der Waals surface area contributed by atoms with Crippen LogP contribution in [0, 0.1) is 0 Å². The van der Waals surface area contributed by atoms with E-state index in [0.29, 0.717) is 12.1 Å². The summed E-state index contributed by atoms with van der Waals surface area (Å²) in [5.41, 5.74) is 10.1. The molecule has 1 aliphatic rings. The molecule has 3 N–H and O–H groups in total. The number of hydrogen-bond acceptors (Lipinski definition) is 3. The first-order chi connectivity index (χ1) is 11.8. The van der Waals surface area contributed by atoms with Gasteiger partial charge in [-0.15, -0.1) is 0 Å². The molecule has 1 fully saturated rings. The number of nitrogens with zero attached hydrogens (tertiary/aromatic N) is 2. The number of benzene rings is 1. The highest BCUT2D eigenvalue weighted by Crippen LogP contribution is 2.34. The van der Waals surface area contributed by atoms with E-state index in [0.717, 1.165) is 54.8 Å². The Labute approximate surface area is 141 Å². The SMILES string of the molecule is CCO[C@H]1CC[C@H](n2cc(N)c(-c3cccc4cc[nH]c34)n2)CC1. The number of aromatic amines is 1. The lowest BCUT2D eigenvalue weighted by molar-refractivity contribution is 0.0260. The Bertz CT molecular complexity index is 827. The van der Waals surface area contributed by atoms with Crippen molar-refractivity contribution in [3.8, 4) is 11.3 Å². The van der Waals surface area contributed by atoms with E-state index < -0.39 is 0 Å². The Morgan fingerprint density at radius 3 is 2.88 bits per heavy atom. The predicted molar refractivity (Wildman–Crippen MR) is 96.9 cm³/mol. The maximum atomic E-state index is 6.29. The van der Waals surface area contributed by atoms with E-state index >= 15 is 0 Å². The van der Waals surface area contributed by atoms with E-state index in [1.54, 1.807) is 0 Å². The van der Waals surface area contributed by atoms with Gasteiger partial charge in [0.15, 0.2) is 0 Å². The van der Waals surface area contributed by atoms with Crippen molar-refractivity contribution in [3.63, 3.8) is 0 Å². The van der Waals surface area contributed by atoms with E-state index in [4.69, 9.17) is 15.6 Å². The maximum absolute atomic E-state index is 6.29. The van der Waals surface area contributed by atoms with E-state index in [1.165, 1.54) is 5.39 Å². The molecular weight excluding hydrogens is 300 g/mol. The highest BCUT2D eigenvalue weighted by molar-refractivity contribution is 5.95. The molecule has 0 aliphatic heterocycles. The monoisotopic (exact) mass is 324 g/mol. The molecule has 24 heavy (non-hydrogen) atoms. The average Bonchev–Trinajstić information content (AvgIpc) is 3.22. The number of nitrogens with two attached hydrogens (primary N) is 1. The number of fused-ring (bicyclic) bond motifs is 1. The van der Waals surface area contributed by atoms with Crippen molar-refractivity contribution in [1.29, 1.82) is 0 Å². The van der Waals surface area contributed by atoms with Crippen molar-refractivity contribution >= 4 is 16.6 Å². The van der Waals surface area contributed by atoms with Crippen LogP contribution in [0.5, 0.6) is 0 Å². The molecule has 0 radical (unpaired) electrons. The van der Waals surface area contributed by atoms with Gasteiger partial charge in [0.2, 0.25) is 0 Å². The van der Waals surface area contributed by atoms with Gasteiger partial charge >= 0.3 is 0 Å². The molecule has 0 saturated heterocycles. The van der Waals surface area contributed by atoms with Gasteiger partial charge in [-0.05, 0) is 38.7 Å². The van der Waals surface area contributed by atoms with E-state index in [-0.39, 0.29) is 0 Å². The average molecular weight is 324 g/mol. The second-order valence-corrected chi connectivity index (χ2v) is 6.55. The molecule has 0 unspecified atom stereocenters. The largest absolute Gasteiger partial charge is 0.396 e. The molecule has 126 valence electrons. The molecule has 0 amide bonds. The third-order valence-electron chi connectivity index (χ3n) is 5.02. The van der Waals surface area contributed by atoms with Crippen LogP contribution in [-0.2, 0) is 4.74 Å². The summed E-state index contributed by atoms with van der Waals surface area (Å²) in [6.45, 7) is 2.86. The molecule has 1 aliphatic carbocycles. The summed E-state index contributed by atoms with van der Waals surface area (Å²) in [6.07, 6.45) is 8.74. The van der Waals surface area contributed by atoms with Crippen molar-refractivity contribution < 1.29 is 4.74 Å². The van der Waals surface area contributed by atoms with Gasteiger partial charge in [-0.3, -0.25) is 4.68 Å². The van der Waals surface area contributed by atoms with Crippen molar-refractivity contribution in [3.05, 3.63) is 36.7 Å². The fourth-order valence-corrected chi connectivity index (χ4v) is 3.80. The van der Waals surface area contributed by atoms with Gasteiger partial charge in [0, 0.05) is 30.0 Å². The molecule has 4 rings (SSSR count). The van der Waals surface area contributed by atoms with Crippen LogP contribution < -0.4 is 5.73 Å². The Morgan fingerprint density at radius 1 is 1.25 bits per heavy atom. The number of anilines is 1. The van der Waals surface area contributed by atoms with E-state index in [9.17, 15) is 0 Å². The number of para-hydroxylation sites is 1. The molecule has 1 saturated carbocycles. The zero-order chi connectivity index (χ0) is 16.5. The van der Waals surface area contributed by atoms with Crippen LogP contribution in [0.3, 0.4) is 0 Å². The topological polar surface area (TPSA) is 68.9 Å². The van der Waals surface area contributed by atoms with Gasteiger partial charge in [-0.2, -0.15) is 5.10 Å². The molecule has 5 nitrogen and oxygen atoms in total. The van der Waals surface area contributed by atoms with Gasteiger partial charge in [0.25, 0.3) is 0 Å². The van der Waals surface area contributed by atoms with Gasteiger partial charge in [0.1, 0.15) is 5.69 Å². The Balaban J connectivity index is 1.60. The van der Waals surface area contributed by atoms with Crippen molar-refractivity contribution in [2.45, 2.75) is 44.8 Å². The van der Waals surface area contributed by atoms with E-state index in [2.05, 4.69) is 40.9 Å². The Kier molecular flexibility index (Phi) is 4.02. The van der Waals surface area contributed by atoms with E-state index in [1.807, 2.05) is 12.4 Å². The Hall–Kier alpha value is -2.27. The second-order valence-electron chi connectivity index (χ2n) is 6.55. The molecule has 0 spiro atoms. The van der Waals surface area contributed by atoms with Crippen LogP contribution in [0.15, 0.2) is 36.7 Å². The zero-order valence-corrected chi connectivity index (χ0v) is 14.0. The van der Waals surface area contributed by atoms with Gasteiger partial charge in [0.05, 0.1) is 23.3 Å². The quantitative estimate of drug-likeness (QED) is 0.758. The summed E-state index contributed by atoms with van der Waals surface area (Å²) < 4.78 is 7.81. The minimum absolute atomic E-state index is 0.409. The van der Waals surface area contributed by atoms with Crippen molar-refractivity contribution in [1.82, 2.24) is 14.8 Å². The third kappa shape index (κ3) is 2.69. The van der Waals surface area contributed by atoms with Crippen LogP contribution >= 0.6 is 0 Å². The van der Waals surface area contributed by atoms with Crippen LogP contribution in [-0.4, -0.2) is 27.5 Å². The highest BCUT2D eigenvalue weighted by atomic mass is 16.5. The van der Waals surface area contributed by atoms with Crippen LogP contribution in [0.1, 0.15) is 38.6 Å². The molecule has 0 bridgehead atoms. The minimum Gasteiger partial charge on any atom is -0.396 e. The first-order valence-corrected chi connectivity index (χ1v) is 8.79. The summed E-state index contributed by atoms with van der Waals surface area (Å²) in [7, 11) is 0. The first kappa shape index (κ1) is 15.3. The zero-order valence-electron chi connectivity index (χ0n) is 14.0. The Morgan fingerprint density at radius 2 is 2.08 bits per heavy atom. The fourth-order valence-electron chi connectivity index (χ4n) is 3.80. The second kappa shape index (κ2) is 6.32. The van der Waals surface area contributed by atoms with Gasteiger partial charge < -0.3 is 15.5 Å². The molecule has 5 heteroatoms. The third-order valence-corrected chi connectivity index (χ3v) is 5.02. The first-order valence-electron chi connectivity index (χ1n) is 8.79. The van der Waals surface area contributed by atoms with Crippen molar-refractivity contribution in [2.75, 3.05) is 12.3 Å². The highest BCUT2D eigenvalue weighted by Gasteiger charge is 2.24. The molecular formula is C19H24N4O. The summed E-state index contributed by atoms with van der Waals surface area (Å²) in [5, 5.41) is 6.01. The molecule has 2 aromatic heterocycles. The fraction of sp³-hybridized carbons (Fsp3) is 0.421. The smallest absolute Gasteiger partial charge is 0.117 e. The van der Waals surface area contributed by atoms with Gasteiger partial charge in [-0.1, -0.05) is 18.2 Å². The number of nitrogen functional groups attached to an aromatic ring is 1. The lowest BCUT2D eigenvalue weighted by Gasteiger charge is -2.28. The molecule has 3 aromatic rings. The van der Waals surface area contributed by atoms with Crippen LogP contribution in [0.25, 0.3) is 22.2 Å². The number of rotatable bonds is 4.